The van der Waals surface area contributed by atoms with E-state index in [0.717, 1.165) is 34.9 Å². The molecule has 0 fully saturated rings. The van der Waals surface area contributed by atoms with Gasteiger partial charge in [-0.1, -0.05) is 13.8 Å². The first-order valence-electron chi connectivity index (χ1n) is 8.56. The number of carbonyl (C=O) groups excluding carboxylic acids is 1. The maximum atomic E-state index is 12.5. The highest BCUT2D eigenvalue weighted by atomic mass is 32.1. The average Bonchev–Trinajstić information content (AvgIpc) is 2.95. The van der Waals surface area contributed by atoms with Crippen LogP contribution < -0.4 is 5.32 Å². The summed E-state index contributed by atoms with van der Waals surface area (Å²) in [6, 6.07) is 0. The lowest BCUT2D eigenvalue weighted by Crippen LogP contribution is -2.25. The molecule has 3 rings (SSSR count). The molecule has 2 aromatic heterocycles. The lowest BCUT2D eigenvalue weighted by Gasteiger charge is -2.17. The highest BCUT2D eigenvalue weighted by molar-refractivity contribution is 7.13. The Hall–Kier alpha value is -1.82. The van der Waals surface area contributed by atoms with E-state index in [1.54, 1.807) is 0 Å². The van der Waals surface area contributed by atoms with E-state index in [0.29, 0.717) is 23.2 Å². The van der Waals surface area contributed by atoms with E-state index in [4.69, 9.17) is 0 Å². The van der Waals surface area contributed by atoms with Crippen LogP contribution in [0.3, 0.4) is 0 Å². The number of hydrogen-bond donors (Lipinski definition) is 1. The van der Waals surface area contributed by atoms with Crippen molar-refractivity contribution in [2.75, 3.05) is 0 Å². The number of amides is 1. The van der Waals surface area contributed by atoms with Gasteiger partial charge in [-0.3, -0.25) is 4.79 Å². The van der Waals surface area contributed by atoms with Crippen LogP contribution in [0.2, 0.25) is 0 Å². The smallest absolute Gasteiger partial charge is 0.263 e. The van der Waals surface area contributed by atoms with Crippen molar-refractivity contribution in [3.63, 3.8) is 0 Å². The van der Waals surface area contributed by atoms with E-state index in [-0.39, 0.29) is 5.91 Å². The molecule has 0 atom stereocenters. The number of thiazole rings is 1. The Morgan fingerprint density at radius 1 is 1.12 bits per heavy atom. The maximum Gasteiger partial charge on any atom is 0.263 e. The number of carbonyl (C=O) groups is 1. The molecule has 6 heteroatoms. The number of aryl methyl sites for hydroxylation is 3. The van der Waals surface area contributed by atoms with Gasteiger partial charge in [0.1, 0.15) is 10.7 Å². The molecule has 5 nitrogen and oxygen atoms in total. The summed E-state index contributed by atoms with van der Waals surface area (Å²) in [5.41, 5.74) is 4.31. The summed E-state index contributed by atoms with van der Waals surface area (Å²) < 4.78 is 0. The van der Waals surface area contributed by atoms with Gasteiger partial charge < -0.3 is 5.32 Å². The van der Waals surface area contributed by atoms with E-state index in [1.807, 2.05) is 13.8 Å². The summed E-state index contributed by atoms with van der Waals surface area (Å²) in [4.78, 5) is 26.9. The lowest BCUT2D eigenvalue weighted by atomic mass is 9.95. The zero-order valence-electron chi connectivity index (χ0n) is 14.8. The molecule has 0 spiro atoms. The van der Waals surface area contributed by atoms with E-state index in [1.165, 1.54) is 29.7 Å². The normalized spacial score (nSPS) is 13.9. The average molecular weight is 344 g/mol. The summed E-state index contributed by atoms with van der Waals surface area (Å²) in [6.45, 7) is 8.46. The summed E-state index contributed by atoms with van der Waals surface area (Å²) in [5, 5.41) is 3.95. The Kier molecular flexibility index (Phi) is 4.94. The molecule has 0 saturated carbocycles. The minimum absolute atomic E-state index is 0.0872. The molecule has 0 aliphatic heterocycles. The summed E-state index contributed by atoms with van der Waals surface area (Å²) in [6.07, 6.45) is 4.50. The van der Waals surface area contributed by atoms with Gasteiger partial charge in [0.25, 0.3) is 5.91 Å². The second-order valence-electron chi connectivity index (χ2n) is 6.66. The fraction of sp³-hybridized carbons (Fsp3) is 0.556. The van der Waals surface area contributed by atoms with Crippen LogP contribution in [-0.4, -0.2) is 20.9 Å². The quantitative estimate of drug-likeness (QED) is 0.922. The zero-order valence-corrected chi connectivity index (χ0v) is 15.6. The predicted molar refractivity (Wildman–Crippen MR) is 95.5 cm³/mol. The van der Waals surface area contributed by atoms with Crippen molar-refractivity contribution in [2.45, 2.75) is 65.8 Å². The monoisotopic (exact) mass is 344 g/mol. The Morgan fingerprint density at radius 2 is 1.88 bits per heavy atom. The second-order valence-corrected chi connectivity index (χ2v) is 7.69. The number of aromatic nitrogens is 3. The third-order valence-corrected chi connectivity index (χ3v) is 5.81. The predicted octanol–water partition coefficient (Wildman–Crippen LogP) is 3.48. The van der Waals surface area contributed by atoms with Crippen LogP contribution in [0.15, 0.2) is 0 Å². The molecule has 1 N–H and O–H groups in total. The molecule has 1 amide bonds. The number of fused-ring (bicyclic) bond motifs is 1. The Morgan fingerprint density at radius 3 is 2.58 bits per heavy atom. The largest absolute Gasteiger partial charge is 0.344 e. The van der Waals surface area contributed by atoms with Crippen LogP contribution in [0.1, 0.15) is 75.8 Å². The van der Waals surface area contributed by atoms with E-state index in [2.05, 4.69) is 34.1 Å². The molecule has 1 aliphatic rings. The molecule has 24 heavy (non-hydrogen) atoms. The van der Waals surface area contributed by atoms with Gasteiger partial charge in [0.05, 0.1) is 17.2 Å². The van der Waals surface area contributed by atoms with Crippen LogP contribution in [0.25, 0.3) is 0 Å². The molecule has 0 saturated heterocycles. The fourth-order valence-corrected chi connectivity index (χ4v) is 4.02. The highest BCUT2D eigenvalue weighted by Gasteiger charge is 2.18. The number of nitrogens with zero attached hydrogens (tertiary/aromatic N) is 3. The Labute approximate surface area is 147 Å². The Balaban J connectivity index is 1.71. The minimum Gasteiger partial charge on any atom is -0.344 e. The van der Waals surface area contributed by atoms with Crippen molar-refractivity contribution in [1.82, 2.24) is 20.3 Å². The highest BCUT2D eigenvalue weighted by Crippen LogP contribution is 2.25. The van der Waals surface area contributed by atoms with Gasteiger partial charge in [0.2, 0.25) is 0 Å². The van der Waals surface area contributed by atoms with Gasteiger partial charge in [0, 0.05) is 17.3 Å². The van der Waals surface area contributed by atoms with Crippen molar-refractivity contribution in [1.29, 1.82) is 0 Å². The van der Waals surface area contributed by atoms with E-state index >= 15 is 0 Å². The molecule has 2 heterocycles. The molecule has 0 radical (unpaired) electrons. The summed E-state index contributed by atoms with van der Waals surface area (Å²) >= 11 is 1.47. The van der Waals surface area contributed by atoms with Crippen LogP contribution in [0, 0.1) is 13.8 Å². The molecule has 1 aliphatic carbocycles. The molecule has 0 bridgehead atoms. The molecule has 0 aromatic carbocycles. The van der Waals surface area contributed by atoms with Crippen LogP contribution in [0.5, 0.6) is 0 Å². The van der Waals surface area contributed by atoms with Crippen molar-refractivity contribution in [3.8, 4) is 0 Å². The van der Waals surface area contributed by atoms with Gasteiger partial charge in [-0.15, -0.1) is 11.3 Å². The van der Waals surface area contributed by atoms with Crippen LogP contribution in [-0.2, 0) is 19.4 Å². The van der Waals surface area contributed by atoms with Gasteiger partial charge in [-0.25, -0.2) is 15.0 Å². The standard InChI is InChI=1S/C18H24N4OS/c1-10(2)18-21-12(4)16(24-18)17(23)19-9-15-20-11(3)13-7-5-6-8-14(13)22-15/h10H,5-9H2,1-4H3,(H,19,23). The van der Waals surface area contributed by atoms with E-state index < -0.39 is 0 Å². The molecular weight excluding hydrogens is 320 g/mol. The fourth-order valence-electron chi connectivity index (χ4n) is 3.04. The number of hydrogen-bond acceptors (Lipinski definition) is 5. The molecule has 128 valence electrons. The third-order valence-electron chi connectivity index (χ3n) is 4.36. The number of rotatable bonds is 4. The maximum absolute atomic E-state index is 12.5. The van der Waals surface area contributed by atoms with E-state index in [9.17, 15) is 4.79 Å². The summed E-state index contributed by atoms with van der Waals surface area (Å²) in [5.74, 6) is 0.950. The molecule has 2 aromatic rings. The SMILES string of the molecule is Cc1nc(C(C)C)sc1C(=O)NCc1nc(C)c2c(n1)CCCC2. The van der Waals surface area contributed by atoms with Gasteiger partial charge >= 0.3 is 0 Å². The second kappa shape index (κ2) is 6.97. The van der Waals surface area contributed by atoms with Gasteiger partial charge in [-0.05, 0) is 45.1 Å². The minimum atomic E-state index is -0.0872. The Bertz CT molecular complexity index is 767. The van der Waals surface area contributed by atoms with Crippen molar-refractivity contribution >= 4 is 17.2 Å². The first-order valence-corrected chi connectivity index (χ1v) is 9.38. The van der Waals surface area contributed by atoms with Crippen LogP contribution in [0.4, 0.5) is 0 Å². The molecular formula is C18H24N4OS. The van der Waals surface area contributed by atoms with Gasteiger partial charge in [-0.2, -0.15) is 0 Å². The first kappa shape index (κ1) is 17.0. The summed E-state index contributed by atoms with van der Waals surface area (Å²) in [7, 11) is 0. The topological polar surface area (TPSA) is 67.8 Å². The van der Waals surface area contributed by atoms with Crippen LogP contribution >= 0.6 is 11.3 Å². The first-order chi connectivity index (χ1) is 11.5. The number of nitrogens with one attached hydrogen (secondary N) is 1. The molecule has 0 unspecified atom stereocenters. The van der Waals surface area contributed by atoms with Crippen molar-refractivity contribution < 1.29 is 4.79 Å². The zero-order chi connectivity index (χ0) is 17.3. The lowest BCUT2D eigenvalue weighted by molar-refractivity contribution is 0.0953. The van der Waals surface area contributed by atoms with Crippen molar-refractivity contribution in [2.24, 2.45) is 0 Å². The van der Waals surface area contributed by atoms with Gasteiger partial charge in [0.15, 0.2) is 0 Å². The van der Waals surface area contributed by atoms with Crippen molar-refractivity contribution in [3.05, 3.63) is 38.4 Å². The third kappa shape index (κ3) is 3.48.